The standard InChI is InChI=1S/C17H15FN2OS/c1-10-3-8-14-15(9-10)20-17(19-14)22-11(2)16(21)12-4-6-13(18)7-5-12/h3-9,11H,1-2H3,(H,19,20). The molecule has 3 nitrogen and oxygen atoms in total. The van der Waals surface area contributed by atoms with E-state index < -0.39 is 0 Å². The van der Waals surface area contributed by atoms with Crippen molar-refractivity contribution < 1.29 is 9.18 Å². The summed E-state index contributed by atoms with van der Waals surface area (Å²) in [5, 5.41) is 0.413. The molecule has 0 bridgehead atoms. The highest BCUT2D eigenvalue weighted by molar-refractivity contribution is 8.00. The summed E-state index contributed by atoms with van der Waals surface area (Å²) in [6, 6.07) is 11.6. The van der Waals surface area contributed by atoms with E-state index in [2.05, 4.69) is 9.97 Å². The van der Waals surface area contributed by atoms with Crippen LogP contribution in [0, 0.1) is 12.7 Å². The Kier molecular flexibility index (Phi) is 3.98. The number of halogens is 1. The van der Waals surface area contributed by atoms with Crippen LogP contribution in [0.2, 0.25) is 0 Å². The Labute approximate surface area is 132 Å². The summed E-state index contributed by atoms with van der Waals surface area (Å²) in [5.74, 6) is -0.383. The van der Waals surface area contributed by atoms with Gasteiger partial charge in [0.25, 0.3) is 0 Å². The maximum absolute atomic E-state index is 12.9. The van der Waals surface area contributed by atoms with Gasteiger partial charge in [0.1, 0.15) is 5.82 Å². The molecule has 0 spiro atoms. The second kappa shape index (κ2) is 5.93. The number of hydrogen-bond acceptors (Lipinski definition) is 3. The van der Waals surface area contributed by atoms with Gasteiger partial charge in [0, 0.05) is 5.56 Å². The van der Waals surface area contributed by atoms with Gasteiger partial charge in [-0.1, -0.05) is 17.8 Å². The molecule has 0 radical (unpaired) electrons. The number of rotatable bonds is 4. The summed E-state index contributed by atoms with van der Waals surface area (Å²) in [7, 11) is 0. The van der Waals surface area contributed by atoms with Crippen LogP contribution in [0.4, 0.5) is 4.39 Å². The normalized spacial score (nSPS) is 12.5. The smallest absolute Gasteiger partial charge is 0.175 e. The fourth-order valence-corrected chi connectivity index (χ4v) is 3.12. The van der Waals surface area contributed by atoms with Crippen molar-refractivity contribution in [1.29, 1.82) is 0 Å². The molecule has 3 aromatic rings. The van der Waals surface area contributed by atoms with Crippen LogP contribution in [0.25, 0.3) is 11.0 Å². The van der Waals surface area contributed by atoms with E-state index in [1.54, 1.807) is 0 Å². The highest BCUT2D eigenvalue weighted by Gasteiger charge is 2.18. The minimum atomic E-state index is -0.343. The predicted octanol–water partition coefficient (Wildman–Crippen LogP) is 4.37. The molecule has 0 aliphatic carbocycles. The summed E-state index contributed by atoms with van der Waals surface area (Å²) in [6.07, 6.45) is 0. The topological polar surface area (TPSA) is 45.8 Å². The number of H-pyrrole nitrogens is 1. The van der Waals surface area contributed by atoms with Gasteiger partial charge in [-0.25, -0.2) is 9.37 Å². The van der Waals surface area contributed by atoms with Gasteiger partial charge in [-0.15, -0.1) is 0 Å². The zero-order valence-corrected chi connectivity index (χ0v) is 13.1. The van der Waals surface area contributed by atoms with E-state index in [1.165, 1.54) is 36.0 Å². The zero-order valence-electron chi connectivity index (χ0n) is 12.3. The van der Waals surface area contributed by atoms with E-state index in [4.69, 9.17) is 0 Å². The van der Waals surface area contributed by atoms with Crippen molar-refractivity contribution in [3.63, 3.8) is 0 Å². The number of aryl methyl sites for hydroxylation is 1. The van der Waals surface area contributed by atoms with Gasteiger partial charge in [0.15, 0.2) is 10.9 Å². The molecule has 0 saturated carbocycles. The molecule has 0 saturated heterocycles. The third kappa shape index (κ3) is 3.04. The van der Waals surface area contributed by atoms with Gasteiger partial charge >= 0.3 is 0 Å². The lowest BCUT2D eigenvalue weighted by molar-refractivity contribution is 0.0994. The summed E-state index contributed by atoms with van der Waals surface area (Å²) in [5.41, 5.74) is 3.51. The fourth-order valence-electron chi connectivity index (χ4n) is 2.23. The van der Waals surface area contributed by atoms with Crippen molar-refractivity contribution in [3.05, 3.63) is 59.4 Å². The lowest BCUT2D eigenvalue weighted by atomic mass is 10.1. The largest absolute Gasteiger partial charge is 0.333 e. The molecule has 112 valence electrons. The quantitative estimate of drug-likeness (QED) is 0.574. The Morgan fingerprint density at radius 3 is 2.68 bits per heavy atom. The Hall–Kier alpha value is -2.14. The van der Waals surface area contributed by atoms with E-state index in [9.17, 15) is 9.18 Å². The monoisotopic (exact) mass is 314 g/mol. The SMILES string of the molecule is Cc1ccc2nc(SC(C)C(=O)c3ccc(F)cc3)[nH]c2c1. The Morgan fingerprint density at radius 2 is 1.95 bits per heavy atom. The molecule has 0 amide bonds. The second-order valence-electron chi connectivity index (χ2n) is 5.19. The molecule has 2 aromatic carbocycles. The number of fused-ring (bicyclic) bond motifs is 1. The Bertz CT molecular complexity index is 826. The number of ketones is 1. The molecule has 1 heterocycles. The van der Waals surface area contributed by atoms with Crippen LogP contribution >= 0.6 is 11.8 Å². The summed E-state index contributed by atoms with van der Waals surface area (Å²) in [6.45, 7) is 3.85. The van der Waals surface area contributed by atoms with Crippen LogP contribution in [-0.2, 0) is 0 Å². The number of benzene rings is 2. The second-order valence-corrected chi connectivity index (χ2v) is 6.52. The number of carbonyl (C=O) groups excluding carboxylic acids is 1. The number of aromatic amines is 1. The van der Waals surface area contributed by atoms with Crippen molar-refractivity contribution in [2.24, 2.45) is 0 Å². The van der Waals surface area contributed by atoms with Crippen LogP contribution in [0.5, 0.6) is 0 Å². The Balaban J connectivity index is 1.78. The fraction of sp³-hybridized carbons (Fsp3) is 0.176. The van der Waals surface area contributed by atoms with Crippen LogP contribution in [0.3, 0.4) is 0 Å². The van der Waals surface area contributed by atoms with E-state index in [0.717, 1.165) is 16.6 Å². The first-order valence-electron chi connectivity index (χ1n) is 6.96. The van der Waals surface area contributed by atoms with Crippen molar-refractivity contribution in [3.8, 4) is 0 Å². The molecule has 5 heteroatoms. The first-order chi connectivity index (χ1) is 10.5. The third-order valence-corrected chi connectivity index (χ3v) is 4.39. The van der Waals surface area contributed by atoms with Crippen molar-refractivity contribution in [1.82, 2.24) is 9.97 Å². The molecule has 3 rings (SSSR count). The predicted molar refractivity (Wildman–Crippen MR) is 86.9 cm³/mol. The highest BCUT2D eigenvalue weighted by Crippen LogP contribution is 2.26. The van der Waals surface area contributed by atoms with Gasteiger partial charge < -0.3 is 4.98 Å². The maximum atomic E-state index is 12.9. The summed E-state index contributed by atoms with van der Waals surface area (Å²) < 4.78 is 12.9. The van der Waals surface area contributed by atoms with Crippen molar-refractivity contribution in [2.45, 2.75) is 24.3 Å². The van der Waals surface area contributed by atoms with E-state index in [1.807, 2.05) is 32.0 Å². The van der Waals surface area contributed by atoms with Crippen LogP contribution in [0.15, 0.2) is 47.6 Å². The molecule has 1 N–H and O–H groups in total. The lowest BCUT2D eigenvalue weighted by Crippen LogP contribution is -2.13. The molecular weight excluding hydrogens is 299 g/mol. The minimum Gasteiger partial charge on any atom is -0.333 e. The number of nitrogens with one attached hydrogen (secondary N) is 1. The average Bonchev–Trinajstić information content (AvgIpc) is 2.88. The lowest BCUT2D eigenvalue weighted by Gasteiger charge is -2.08. The van der Waals surface area contributed by atoms with Gasteiger partial charge in [-0.3, -0.25) is 4.79 Å². The first kappa shape index (κ1) is 14.8. The molecule has 22 heavy (non-hydrogen) atoms. The molecule has 1 aromatic heterocycles. The molecule has 0 aliphatic heterocycles. The summed E-state index contributed by atoms with van der Waals surface area (Å²) in [4.78, 5) is 20.0. The van der Waals surface area contributed by atoms with Gasteiger partial charge in [0.2, 0.25) is 0 Å². The van der Waals surface area contributed by atoms with E-state index >= 15 is 0 Å². The van der Waals surface area contributed by atoms with Gasteiger partial charge in [-0.05, 0) is 55.8 Å². The third-order valence-electron chi connectivity index (χ3n) is 3.40. The maximum Gasteiger partial charge on any atom is 0.175 e. The van der Waals surface area contributed by atoms with Gasteiger partial charge in [-0.2, -0.15) is 0 Å². The molecule has 0 fully saturated rings. The number of aromatic nitrogens is 2. The highest BCUT2D eigenvalue weighted by atomic mass is 32.2. The first-order valence-corrected chi connectivity index (χ1v) is 7.84. The number of imidazole rings is 1. The van der Waals surface area contributed by atoms with Gasteiger partial charge in [0.05, 0.1) is 16.3 Å². The number of nitrogens with zero attached hydrogens (tertiary/aromatic N) is 1. The molecular formula is C17H15FN2OS. The molecule has 1 unspecified atom stereocenters. The minimum absolute atomic E-state index is 0.0402. The number of Topliss-reactive ketones (excluding diaryl/α,β-unsaturated/α-hetero) is 1. The summed E-state index contributed by atoms with van der Waals surface area (Å²) >= 11 is 1.37. The van der Waals surface area contributed by atoms with E-state index in [0.29, 0.717) is 10.7 Å². The number of carbonyl (C=O) groups is 1. The van der Waals surface area contributed by atoms with E-state index in [-0.39, 0.29) is 16.9 Å². The van der Waals surface area contributed by atoms with Crippen LogP contribution in [0.1, 0.15) is 22.8 Å². The molecule has 0 aliphatic rings. The molecule has 1 atom stereocenters. The number of hydrogen-bond donors (Lipinski definition) is 1. The average molecular weight is 314 g/mol. The zero-order chi connectivity index (χ0) is 15.7. The van der Waals surface area contributed by atoms with Crippen molar-refractivity contribution >= 4 is 28.6 Å². The van der Waals surface area contributed by atoms with Crippen LogP contribution < -0.4 is 0 Å². The Morgan fingerprint density at radius 1 is 1.23 bits per heavy atom. The number of thioether (sulfide) groups is 1. The van der Waals surface area contributed by atoms with Crippen molar-refractivity contribution in [2.75, 3.05) is 0 Å². The van der Waals surface area contributed by atoms with Crippen LogP contribution in [-0.4, -0.2) is 21.0 Å².